The monoisotopic (exact) mass is 384 g/mol. The predicted molar refractivity (Wildman–Crippen MR) is 123 cm³/mol. The number of hydrogen-bond acceptors (Lipinski definition) is 2. The highest BCUT2D eigenvalue weighted by atomic mass is 16.5. The highest BCUT2D eigenvalue weighted by molar-refractivity contribution is 5.97. The molecule has 0 saturated heterocycles. The largest absolute Gasteiger partial charge is 0.497 e. The molecule has 1 heterocycles. The summed E-state index contributed by atoms with van der Waals surface area (Å²) in [4.78, 5) is 0. The van der Waals surface area contributed by atoms with Crippen LogP contribution in [-0.4, -0.2) is 11.7 Å². The number of nitrogens with zero attached hydrogens (tertiary/aromatic N) is 1. The molecule has 3 nitrogen and oxygen atoms in total. The minimum atomic E-state index is 0.142. The molecular weight excluding hydrogens is 356 g/mol. The third kappa shape index (κ3) is 3.86. The topological polar surface area (TPSA) is 40.2 Å². The fraction of sp³-hybridized carbons (Fsp3) is 0.231. The van der Waals surface area contributed by atoms with Gasteiger partial charge in [0.1, 0.15) is 5.75 Å². The number of methoxy groups -OCH3 is 1. The van der Waals surface area contributed by atoms with Crippen molar-refractivity contribution in [1.82, 2.24) is 4.57 Å². The fourth-order valence-electron chi connectivity index (χ4n) is 3.79. The zero-order chi connectivity index (χ0) is 20.6. The second kappa shape index (κ2) is 7.32. The van der Waals surface area contributed by atoms with Crippen molar-refractivity contribution in [3.8, 4) is 16.9 Å². The molecule has 148 valence electrons. The Morgan fingerprint density at radius 1 is 0.931 bits per heavy atom. The van der Waals surface area contributed by atoms with Crippen LogP contribution in [-0.2, 0) is 12.0 Å². The van der Waals surface area contributed by atoms with E-state index in [9.17, 15) is 0 Å². The molecule has 0 atom stereocenters. The number of benzene rings is 3. The van der Waals surface area contributed by atoms with E-state index >= 15 is 0 Å². The van der Waals surface area contributed by atoms with E-state index < -0.39 is 0 Å². The first kappa shape index (κ1) is 19.1. The summed E-state index contributed by atoms with van der Waals surface area (Å²) >= 11 is 0. The lowest BCUT2D eigenvalue weighted by atomic mass is 9.86. The van der Waals surface area contributed by atoms with E-state index in [0.29, 0.717) is 0 Å². The zero-order valence-electron chi connectivity index (χ0n) is 17.6. The summed E-state index contributed by atoms with van der Waals surface area (Å²) < 4.78 is 7.67. The van der Waals surface area contributed by atoms with Crippen LogP contribution < -0.4 is 10.5 Å². The van der Waals surface area contributed by atoms with Gasteiger partial charge in [0.25, 0.3) is 0 Å². The van der Waals surface area contributed by atoms with Crippen LogP contribution in [0, 0.1) is 0 Å². The quantitative estimate of drug-likeness (QED) is 0.423. The minimum absolute atomic E-state index is 0.142. The normalized spacial score (nSPS) is 11.7. The molecule has 29 heavy (non-hydrogen) atoms. The number of anilines is 1. The molecule has 3 aromatic carbocycles. The molecule has 0 fully saturated rings. The fourth-order valence-corrected chi connectivity index (χ4v) is 3.79. The van der Waals surface area contributed by atoms with Crippen molar-refractivity contribution in [3.63, 3.8) is 0 Å². The van der Waals surface area contributed by atoms with Crippen LogP contribution in [0.1, 0.15) is 31.9 Å². The van der Waals surface area contributed by atoms with Gasteiger partial charge in [0.2, 0.25) is 0 Å². The van der Waals surface area contributed by atoms with Crippen LogP contribution in [0.4, 0.5) is 5.69 Å². The van der Waals surface area contributed by atoms with Crippen molar-refractivity contribution in [2.24, 2.45) is 0 Å². The molecule has 1 aromatic heterocycles. The van der Waals surface area contributed by atoms with Crippen LogP contribution in [0.15, 0.2) is 72.9 Å². The molecule has 2 N–H and O–H groups in total. The SMILES string of the molecule is COc1cccc(Cn2cc(-c3ccc(C(C)(C)C)cc3)c3cc(N)ccc32)c1. The van der Waals surface area contributed by atoms with Gasteiger partial charge >= 0.3 is 0 Å². The summed E-state index contributed by atoms with van der Waals surface area (Å²) in [5.74, 6) is 0.876. The van der Waals surface area contributed by atoms with Gasteiger partial charge < -0.3 is 15.0 Å². The van der Waals surface area contributed by atoms with Gasteiger partial charge in [0.05, 0.1) is 7.11 Å². The van der Waals surface area contributed by atoms with E-state index in [4.69, 9.17) is 10.5 Å². The van der Waals surface area contributed by atoms with Gasteiger partial charge in [-0.1, -0.05) is 57.2 Å². The number of hydrogen-bond donors (Lipinski definition) is 1. The summed E-state index contributed by atoms with van der Waals surface area (Å²) in [7, 11) is 1.70. The maximum Gasteiger partial charge on any atom is 0.119 e. The van der Waals surface area contributed by atoms with Crippen LogP contribution in [0.25, 0.3) is 22.0 Å². The van der Waals surface area contributed by atoms with Crippen LogP contribution in [0.3, 0.4) is 0 Å². The van der Waals surface area contributed by atoms with E-state index in [2.05, 4.69) is 80.1 Å². The third-order valence-electron chi connectivity index (χ3n) is 5.45. The van der Waals surface area contributed by atoms with Gasteiger partial charge in [-0.3, -0.25) is 0 Å². The molecule has 0 aliphatic heterocycles. The second-order valence-electron chi connectivity index (χ2n) is 8.63. The first-order valence-electron chi connectivity index (χ1n) is 9.97. The van der Waals surface area contributed by atoms with Crippen molar-refractivity contribution >= 4 is 16.6 Å². The Kier molecular flexibility index (Phi) is 4.83. The summed E-state index contributed by atoms with van der Waals surface area (Å²) in [5.41, 5.74) is 13.2. The van der Waals surface area contributed by atoms with Crippen LogP contribution in [0.5, 0.6) is 5.75 Å². The highest BCUT2D eigenvalue weighted by Crippen LogP contribution is 2.34. The number of aromatic nitrogens is 1. The van der Waals surface area contributed by atoms with Crippen molar-refractivity contribution in [2.45, 2.75) is 32.7 Å². The molecule has 0 amide bonds. The van der Waals surface area contributed by atoms with Gasteiger partial charge in [0, 0.05) is 34.9 Å². The summed E-state index contributed by atoms with van der Waals surface area (Å²) in [6.45, 7) is 7.49. The Balaban J connectivity index is 1.79. The van der Waals surface area contributed by atoms with Crippen molar-refractivity contribution < 1.29 is 4.74 Å². The Labute approximate surface area is 172 Å². The Morgan fingerprint density at radius 2 is 1.69 bits per heavy atom. The molecule has 0 radical (unpaired) electrons. The lowest BCUT2D eigenvalue weighted by Crippen LogP contribution is -2.10. The molecule has 0 spiro atoms. The lowest BCUT2D eigenvalue weighted by molar-refractivity contribution is 0.414. The number of fused-ring (bicyclic) bond motifs is 1. The zero-order valence-corrected chi connectivity index (χ0v) is 17.6. The van der Waals surface area contributed by atoms with Gasteiger partial charge in [-0.25, -0.2) is 0 Å². The average molecular weight is 385 g/mol. The summed E-state index contributed by atoms with van der Waals surface area (Å²) in [6.07, 6.45) is 2.23. The van der Waals surface area contributed by atoms with Crippen molar-refractivity contribution in [2.75, 3.05) is 12.8 Å². The van der Waals surface area contributed by atoms with E-state index in [1.807, 2.05) is 18.2 Å². The molecule has 0 bridgehead atoms. The third-order valence-corrected chi connectivity index (χ3v) is 5.45. The van der Waals surface area contributed by atoms with E-state index in [0.717, 1.165) is 18.0 Å². The molecule has 0 aliphatic carbocycles. The molecule has 4 rings (SSSR count). The number of nitrogens with two attached hydrogens (primary N) is 1. The van der Waals surface area contributed by atoms with Crippen LogP contribution >= 0.6 is 0 Å². The Hall–Kier alpha value is -3.20. The smallest absolute Gasteiger partial charge is 0.119 e. The lowest BCUT2D eigenvalue weighted by Gasteiger charge is -2.19. The van der Waals surface area contributed by atoms with E-state index in [1.54, 1.807) is 7.11 Å². The van der Waals surface area contributed by atoms with Gasteiger partial charge in [-0.2, -0.15) is 0 Å². The number of rotatable bonds is 4. The van der Waals surface area contributed by atoms with E-state index in [1.165, 1.54) is 33.2 Å². The molecule has 3 heteroatoms. The first-order valence-corrected chi connectivity index (χ1v) is 9.97. The van der Waals surface area contributed by atoms with Gasteiger partial charge in [-0.15, -0.1) is 0 Å². The number of ether oxygens (including phenoxy) is 1. The van der Waals surface area contributed by atoms with Gasteiger partial charge in [0.15, 0.2) is 0 Å². The minimum Gasteiger partial charge on any atom is -0.497 e. The molecule has 0 aliphatic rings. The standard InChI is InChI=1S/C26H28N2O/c1-26(2,3)20-10-8-19(9-11-20)24-17-28(25-13-12-21(27)15-23(24)25)16-18-6-5-7-22(14-18)29-4/h5-15,17H,16,27H2,1-4H3. The summed E-state index contributed by atoms with van der Waals surface area (Å²) in [5, 5.41) is 1.18. The van der Waals surface area contributed by atoms with Crippen molar-refractivity contribution in [1.29, 1.82) is 0 Å². The predicted octanol–water partition coefficient (Wildman–Crippen LogP) is 6.24. The van der Waals surface area contributed by atoms with Gasteiger partial charge in [-0.05, 0) is 52.4 Å². The Bertz CT molecular complexity index is 1150. The highest BCUT2D eigenvalue weighted by Gasteiger charge is 2.15. The second-order valence-corrected chi connectivity index (χ2v) is 8.63. The Morgan fingerprint density at radius 3 is 2.38 bits per heavy atom. The molecular formula is C26H28N2O. The summed E-state index contributed by atoms with van der Waals surface area (Å²) in [6, 6.07) is 23.3. The maximum absolute atomic E-state index is 6.13. The number of nitrogen functional groups attached to an aromatic ring is 1. The molecule has 0 saturated carbocycles. The van der Waals surface area contributed by atoms with Crippen molar-refractivity contribution in [3.05, 3.63) is 84.1 Å². The molecule has 4 aromatic rings. The maximum atomic E-state index is 6.13. The first-order chi connectivity index (χ1) is 13.8. The van der Waals surface area contributed by atoms with E-state index in [-0.39, 0.29) is 5.41 Å². The van der Waals surface area contributed by atoms with Crippen LogP contribution in [0.2, 0.25) is 0 Å². The average Bonchev–Trinajstić information content (AvgIpc) is 3.05. The molecule has 0 unspecified atom stereocenters.